The van der Waals surface area contributed by atoms with E-state index in [0.29, 0.717) is 12.1 Å². The molecular formula is C18H16N4OS. The Bertz CT molecular complexity index is 877. The van der Waals surface area contributed by atoms with Gasteiger partial charge >= 0.3 is 0 Å². The number of pyridine rings is 1. The summed E-state index contributed by atoms with van der Waals surface area (Å²) in [6.45, 7) is 2.59. The number of amides is 1. The van der Waals surface area contributed by atoms with Crippen LogP contribution in [0.1, 0.15) is 29.1 Å². The van der Waals surface area contributed by atoms with E-state index in [0.717, 1.165) is 22.1 Å². The van der Waals surface area contributed by atoms with Gasteiger partial charge in [-0.1, -0.05) is 18.2 Å². The van der Waals surface area contributed by atoms with Crippen molar-refractivity contribution in [3.8, 4) is 10.7 Å². The Morgan fingerprint density at radius 1 is 1.21 bits per heavy atom. The molecule has 3 heterocycles. The molecule has 1 atom stereocenters. The number of rotatable bonds is 3. The molecule has 5 nitrogen and oxygen atoms in total. The van der Waals surface area contributed by atoms with Gasteiger partial charge in [-0.2, -0.15) is 0 Å². The first-order valence-electron chi connectivity index (χ1n) is 7.81. The van der Waals surface area contributed by atoms with E-state index in [-0.39, 0.29) is 12.1 Å². The Labute approximate surface area is 144 Å². The van der Waals surface area contributed by atoms with Crippen LogP contribution in [0.4, 0.5) is 5.69 Å². The number of benzene rings is 1. The maximum Gasteiger partial charge on any atom is 0.257 e. The normalized spacial score (nSPS) is 16.6. The molecule has 0 radical (unpaired) electrons. The first-order chi connectivity index (χ1) is 11.8. The van der Waals surface area contributed by atoms with Crippen molar-refractivity contribution in [2.75, 3.05) is 11.9 Å². The average Bonchev–Trinajstić information content (AvgIpc) is 3.12. The Kier molecular flexibility index (Phi) is 3.74. The molecule has 0 saturated carbocycles. The van der Waals surface area contributed by atoms with Gasteiger partial charge in [0.2, 0.25) is 0 Å². The molecule has 0 bridgehead atoms. The number of carbonyl (C=O) groups is 1. The van der Waals surface area contributed by atoms with Crippen LogP contribution in [0.15, 0.2) is 54.0 Å². The lowest BCUT2D eigenvalue weighted by atomic mass is 10.1. The number of carbonyl (C=O) groups excluding carboxylic acids is 1. The summed E-state index contributed by atoms with van der Waals surface area (Å²) < 4.78 is 0. The summed E-state index contributed by atoms with van der Waals surface area (Å²) in [4.78, 5) is 23.6. The van der Waals surface area contributed by atoms with E-state index in [4.69, 9.17) is 4.98 Å². The molecule has 0 unspecified atom stereocenters. The lowest BCUT2D eigenvalue weighted by Gasteiger charge is -2.36. The van der Waals surface area contributed by atoms with Crippen LogP contribution < -0.4 is 5.32 Å². The minimum atomic E-state index is -0.258. The smallest absolute Gasteiger partial charge is 0.257 e. The van der Waals surface area contributed by atoms with E-state index in [9.17, 15) is 4.79 Å². The summed E-state index contributed by atoms with van der Waals surface area (Å²) >= 11 is 1.54. The van der Waals surface area contributed by atoms with Crippen LogP contribution >= 0.6 is 11.3 Å². The van der Waals surface area contributed by atoms with Crippen molar-refractivity contribution >= 4 is 22.9 Å². The minimum absolute atomic E-state index is 0.0317. The number of fused-ring (bicyclic) bond motifs is 1. The van der Waals surface area contributed by atoms with Crippen molar-refractivity contribution in [3.63, 3.8) is 0 Å². The first-order valence-corrected chi connectivity index (χ1v) is 8.69. The summed E-state index contributed by atoms with van der Waals surface area (Å²) in [6, 6.07) is 13.4. The molecule has 1 aliphatic heterocycles. The third kappa shape index (κ3) is 2.45. The van der Waals surface area contributed by atoms with Crippen LogP contribution in [0.3, 0.4) is 0 Å². The lowest BCUT2D eigenvalue weighted by Crippen LogP contribution is -2.42. The van der Waals surface area contributed by atoms with E-state index >= 15 is 0 Å². The molecule has 120 valence electrons. The number of hydrogen-bond acceptors (Lipinski definition) is 5. The summed E-state index contributed by atoms with van der Waals surface area (Å²) in [6.07, 6.45) is 1.50. The number of thiazole rings is 1. The largest absolute Gasteiger partial charge is 0.359 e. The number of hydrogen-bond donors (Lipinski definition) is 1. The molecule has 6 heteroatoms. The van der Waals surface area contributed by atoms with Crippen molar-refractivity contribution < 1.29 is 4.79 Å². The molecule has 0 aliphatic carbocycles. The Morgan fingerprint density at radius 2 is 2.04 bits per heavy atom. The third-order valence-corrected chi connectivity index (χ3v) is 4.93. The number of para-hydroxylation sites is 1. The second-order valence-electron chi connectivity index (χ2n) is 5.48. The predicted molar refractivity (Wildman–Crippen MR) is 94.9 cm³/mol. The van der Waals surface area contributed by atoms with Crippen molar-refractivity contribution in [2.45, 2.75) is 13.1 Å². The van der Waals surface area contributed by atoms with Crippen LogP contribution in [0.5, 0.6) is 0 Å². The first kappa shape index (κ1) is 14.8. The van der Waals surface area contributed by atoms with Gasteiger partial charge in [-0.15, -0.1) is 11.3 Å². The van der Waals surface area contributed by atoms with Crippen LogP contribution in [-0.2, 0) is 0 Å². The zero-order chi connectivity index (χ0) is 16.5. The Hall–Kier alpha value is -2.73. The topological polar surface area (TPSA) is 58.1 Å². The average molecular weight is 336 g/mol. The predicted octanol–water partition coefficient (Wildman–Crippen LogP) is 3.79. The van der Waals surface area contributed by atoms with Gasteiger partial charge in [-0.3, -0.25) is 9.78 Å². The van der Waals surface area contributed by atoms with Gasteiger partial charge in [-0.25, -0.2) is 4.98 Å². The fraction of sp³-hybridized carbons (Fsp3) is 0.167. The lowest BCUT2D eigenvalue weighted by molar-refractivity contribution is 0.0692. The second-order valence-corrected chi connectivity index (χ2v) is 6.33. The minimum Gasteiger partial charge on any atom is -0.359 e. The zero-order valence-electron chi connectivity index (χ0n) is 13.1. The van der Waals surface area contributed by atoms with E-state index in [1.807, 2.05) is 54.8 Å². The maximum atomic E-state index is 12.8. The molecule has 4 rings (SSSR count). The molecule has 0 fully saturated rings. The molecule has 1 amide bonds. The SMILES string of the molecule is CCN1C(=O)c2ccccc2N[C@H]1c1csc(-c2ccccn2)n1. The van der Waals surface area contributed by atoms with Crippen LogP contribution in [0.25, 0.3) is 10.7 Å². The summed E-state index contributed by atoms with van der Waals surface area (Å²) in [5.74, 6) is 0.0317. The molecule has 3 aromatic rings. The Morgan fingerprint density at radius 3 is 2.83 bits per heavy atom. The van der Waals surface area contributed by atoms with E-state index in [1.165, 1.54) is 11.3 Å². The molecule has 1 aromatic carbocycles. The highest BCUT2D eigenvalue weighted by Gasteiger charge is 2.33. The molecule has 0 saturated heterocycles. The third-order valence-electron chi connectivity index (χ3n) is 4.05. The van der Waals surface area contributed by atoms with Crippen molar-refractivity contribution in [1.29, 1.82) is 0 Å². The molecular weight excluding hydrogens is 320 g/mol. The monoisotopic (exact) mass is 336 g/mol. The summed E-state index contributed by atoms with van der Waals surface area (Å²) in [7, 11) is 0. The second kappa shape index (κ2) is 6.05. The molecule has 2 aromatic heterocycles. The highest BCUT2D eigenvalue weighted by atomic mass is 32.1. The highest BCUT2D eigenvalue weighted by Crippen LogP contribution is 2.34. The highest BCUT2D eigenvalue weighted by molar-refractivity contribution is 7.13. The van der Waals surface area contributed by atoms with Crippen LogP contribution in [0, 0.1) is 0 Å². The van der Waals surface area contributed by atoms with Crippen molar-refractivity contribution in [2.24, 2.45) is 0 Å². The standard InChI is InChI=1S/C18H16N4OS/c1-2-22-16(20-13-8-4-3-7-12(13)18(22)23)15-11-24-17(21-15)14-9-5-6-10-19-14/h3-11,16,20H,2H2,1H3/t16-/m1/s1. The maximum absolute atomic E-state index is 12.8. The molecule has 1 N–H and O–H groups in total. The van der Waals surface area contributed by atoms with Gasteiger partial charge in [0.15, 0.2) is 0 Å². The zero-order valence-corrected chi connectivity index (χ0v) is 14.0. The molecule has 0 spiro atoms. The van der Waals surface area contributed by atoms with Crippen molar-refractivity contribution in [1.82, 2.24) is 14.9 Å². The fourth-order valence-electron chi connectivity index (χ4n) is 2.87. The Balaban J connectivity index is 1.71. The van der Waals surface area contributed by atoms with Gasteiger partial charge in [0.1, 0.15) is 11.2 Å². The van der Waals surface area contributed by atoms with E-state index in [2.05, 4.69) is 10.3 Å². The number of aromatic nitrogens is 2. The summed E-state index contributed by atoms with van der Waals surface area (Å²) in [5, 5.41) is 6.29. The van der Waals surface area contributed by atoms with Gasteiger partial charge in [0, 0.05) is 23.8 Å². The van der Waals surface area contributed by atoms with Gasteiger partial charge in [0.05, 0.1) is 17.0 Å². The van der Waals surface area contributed by atoms with Gasteiger partial charge < -0.3 is 10.2 Å². The molecule has 24 heavy (non-hydrogen) atoms. The number of nitrogens with one attached hydrogen (secondary N) is 1. The van der Waals surface area contributed by atoms with Gasteiger partial charge in [-0.05, 0) is 31.2 Å². The van der Waals surface area contributed by atoms with Crippen molar-refractivity contribution in [3.05, 3.63) is 65.3 Å². The van der Waals surface area contributed by atoms with Crippen LogP contribution in [0.2, 0.25) is 0 Å². The quantitative estimate of drug-likeness (QED) is 0.790. The van der Waals surface area contributed by atoms with Crippen LogP contribution in [-0.4, -0.2) is 27.3 Å². The van der Waals surface area contributed by atoms with Gasteiger partial charge in [0.25, 0.3) is 5.91 Å². The number of anilines is 1. The molecule has 1 aliphatic rings. The summed E-state index contributed by atoms with van der Waals surface area (Å²) in [5.41, 5.74) is 3.24. The number of nitrogens with zero attached hydrogens (tertiary/aromatic N) is 3. The van der Waals surface area contributed by atoms with E-state index in [1.54, 1.807) is 11.1 Å². The van der Waals surface area contributed by atoms with E-state index < -0.39 is 0 Å². The fourth-order valence-corrected chi connectivity index (χ4v) is 3.68.